The molecule has 4 heteroatoms. The van der Waals surface area contributed by atoms with Crippen molar-refractivity contribution in [2.75, 3.05) is 19.6 Å². The van der Waals surface area contributed by atoms with Crippen molar-refractivity contribution in [3.63, 3.8) is 0 Å². The summed E-state index contributed by atoms with van der Waals surface area (Å²) in [5.74, 6) is 0. The second kappa shape index (κ2) is 7.75. The second-order valence-corrected chi connectivity index (χ2v) is 6.99. The number of nitrogens with zero attached hydrogens (tertiary/aromatic N) is 2. The Morgan fingerprint density at radius 1 is 1.00 bits per heavy atom. The lowest BCUT2D eigenvalue weighted by Crippen LogP contribution is -2.37. The zero-order chi connectivity index (χ0) is 17.8. The summed E-state index contributed by atoms with van der Waals surface area (Å²) in [5, 5.41) is 0. The van der Waals surface area contributed by atoms with E-state index in [-0.39, 0.29) is 5.69 Å². The smallest absolute Gasteiger partial charge is 0.306 e. The molecule has 134 valence electrons. The third-order valence-corrected chi connectivity index (χ3v) is 5.27. The van der Waals surface area contributed by atoms with Crippen LogP contribution in [0.3, 0.4) is 0 Å². The van der Waals surface area contributed by atoms with Gasteiger partial charge >= 0.3 is 5.69 Å². The lowest BCUT2D eigenvalue weighted by molar-refractivity contribution is 0.190. The molecule has 0 saturated carbocycles. The van der Waals surface area contributed by atoms with E-state index in [1.54, 1.807) is 0 Å². The Labute approximate surface area is 153 Å². The summed E-state index contributed by atoms with van der Waals surface area (Å²) in [7, 11) is 0. The number of likely N-dealkylation sites (tertiary alicyclic amines) is 1. The SMILES string of the molecule is O=c1[nH]c2ccccc2n1C1CCN(CC/C=C/c2ccccc2)CC1. The standard InChI is InChI=1S/C22H25N3O/c26-22-23-20-11-4-5-12-21(20)25(22)19-13-16-24(17-14-19)15-7-6-10-18-8-2-1-3-9-18/h1-6,8-12,19H,7,13-17H2,(H,23,26)/b10-6+. The molecule has 1 aliphatic rings. The number of nitrogens with one attached hydrogen (secondary N) is 1. The molecule has 4 rings (SSSR count). The van der Waals surface area contributed by atoms with Gasteiger partial charge in [0.25, 0.3) is 0 Å². The minimum atomic E-state index is 0.0236. The molecule has 26 heavy (non-hydrogen) atoms. The predicted molar refractivity (Wildman–Crippen MR) is 107 cm³/mol. The highest BCUT2D eigenvalue weighted by Crippen LogP contribution is 2.24. The van der Waals surface area contributed by atoms with Crippen molar-refractivity contribution in [3.8, 4) is 0 Å². The Bertz CT molecular complexity index is 931. The molecule has 0 radical (unpaired) electrons. The minimum Gasteiger partial charge on any atom is -0.306 e. The average molecular weight is 347 g/mol. The first kappa shape index (κ1) is 16.9. The number of H-pyrrole nitrogens is 1. The van der Waals surface area contributed by atoms with Crippen LogP contribution in [0, 0.1) is 0 Å². The topological polar surface area (TPSA) is 41.0 Å². The van der Waals surface area contributed by atoms with Gasteiger partial charge in [-0.15, -0.1) is 0 Å². The van der Waals surface area contributed by atoms with E-state index in [0.29, 0.717) is 6.04 Å². The molecular formula is C22H25N3O. The molecule has 1 aliphatic heterocycles. The zero-order valence-corrected chi connectivity index (χ0v) is 15.0. The van der Waals surface area contributed by atoms with Gasteiger partial charge in [-0.3, -0.25) is 4.57 Å². The van der Waals surface area contributed by atoms with E-state index in [4.69, 9.17) is 0 Å². The van der Waals surface area contributed by atoms with Gasteiger partial charge in [0.2, 0.25) is 0 Å². The van der Waals surface area contributed by atoms with Crippen molar-refractivity contribution in [1.82, 2.24) is 14.5 Å². The first-order valence-corrected chi connectivity index (χ1v) is 9.44. The summed E-state index contributed by atoms with van der Waals surface area (Å²) < 4.78 is 1.96. The summed E-state index contributed by atoms with van der Waals surface area (Å²) in [4.78, 5) is 17.8. The fourth-order valence-corrected chi connectivity index (χ4v) is 3.88. The average Bonchev–Trinajstić information content (AvgIpc) is 3.02. The highest BCUT2D eigenvalue weighted by Gasteiger charge is 2.22. The lowest BCUT2D eigenvalue weighted by Gasteiger charge is -2.32. The summed E-state index contributed by atoms with van der Waals surface area (Å²) in [6.07, 6.45) is 7.57. The maximum atomic E-state index is 12.3. The summed E-state index contributed by atoms with van der Waals surface area (Å²) in [6.45, 7) is 3.18. The molecule has 0 aliphatic carbocycles. The largest absolute Gasteiger partial charge is 0.326 e. The second-order valence-electron chi connectivity index (χ2n) is 6.99. The summed E-state index contributed by atoms with van der Waals surface area (Å²) in [5.41, 5.74) is 3.24. The molecule has 3 aromatic rings. The Balaban J connectivity index is 1.32. The van der Waals surface area contributed by atoms with Crippen LogP contribution in [-0.2, 0) is 0 Å². The van der Waals surface area contributed by atoms with Gasteiger partial charge in [-0.1, -0.05) is 54.6 Å². The quantitative estimate of drug-likeness (QED) is 0.756. The molecule has 0 bridgehead atoms. The normalized spacial score (nSPS) is 16.6. The fourth-order valence-electron chi connectivity index (χ4n) is 3.88. The van der Waals surface area contributed by atoms with Crippen LogP contribution < -0.4 is 5.69 Å². The molecule has 1 N–H and O–H groups in total. The van der Waals surface area contributed by atoms with Crippen LogP contribution in [0.15, 0.2) is 65.5 Å². The highest BCUT2D eigenvalue weighted by molar-refractivity contribution is 5.75. The van der Waals surface area contributed by atoms with Crippen LogP contribution in [0.1, 0.15) is 30.9 Å². The van der Waals surface area contributed by atoms with Crippen LogP contribution in [0.4, 0.5) is 0 Å². The van der Waals surface area contributed by atoms with E-state index in [1.807, 2.05) is 34.9 Å². The van der Waals surface area contributed by atoms with Crippen molar-refractivity contribution in [1.29, 1.82) is 0 Å². The van der Waals surface area contributed by atoms with E-state index in [0.717, 1.165) is 49.9 Å². The number of aromatic nitrogens is 2. The Hall–Kier alpha value is -2.59. The van der Waals surface area contributed by atoms with Gasteiger partial charge in [0.15, 0.2) is 0 Å². The third kappa shape index (κ3) is 3.65. The van der Waals surface area contributed by atoms with E-state index < -0.39 is 0 Å². The molecule has 0 unspecified atom stereocenters. The Morgan fingerprint density at radius 3 is 2.54 bits per heavy atom. The van der Waals surface area contributed by atoms with Gasteiger partial charge in [0, 0.05) is 25.7 Å². The molecule has 2 aromatic carbocycles. The lowest BCUT2D eigenvalue weighted by atomic mass is 10.0. The van der Waals surface area contributed by atoms with Crippen molar-refractivity contribution in [2.24, 2.45) is 0 Å². The van der Waals surface area contributed by atoms with E-state index in [9.17, 15) is 4.79 Å². The molecular weight excluding hydrogens is 322 g/mol. The number of imidazole rings is 1. The molecule has 0 atom stereocenters. The Morgan fingerprint density at radius 2 is 1.73 bits per heavy atom. The van der Waals surface area contributed by atoms with Crippen LogP contribution in [0.25, 0.3) is 17.1 Å². The molecule has 0 spiro atoms. The first-order valence-electron chi connectivity index (χ1n) is 9.44. The van der Waals surface area contributed by atoms with Crippen LogP contribution in [-0.4, -0.2) is 34.1 Å². The molecule has 1 saturated heterocycles. The summed E-state index contributed by atoms with van der Waals surface area (Å²) >= 11 is 0. The van der Waals surface area contributed by atoms with Gasteiger partial charge in [0.1, 0.15) is 0 Å². The molecule has 2 heterocycles. The maximum Gasteiger partial charge on any atom is 0.326 e. The van der Waals surface area contributed by atoms with Gasteiger partial charge < -0.3 is 9.88 Å². The number of fused-ring (bicyclic) bond motifs is 1. The van der Waals surface area contributed by atoms with Crippen LogP contribution in [0.5, 0.6) is 0 Å². The number of rotatable bonds is 5. The van der Waals surface area contributed by atoms with Gasteiger partial charge in [-0.05, 0) is 37.0 Å². The number of aromatic amines is 1. The van der Waals surface area contributed by atoms with Gasteiger partial charge in [0.05, 0.1) is 11.0 Å². The molecule has 1 fully saturated rings. The highest BCUT2D eigenvalue weighted by atomic mass is 16.1. The number of hydrogen-bond donors (Lipinski definition) is 1. The minimum absolute atomic E-state index is 0.0236. The van der Waals surface area contributed by atoms with Crippen molar-refractivity contribution in [2.45, 2.75) is 25.3 Å². The first-order chi connectivity index (χ1) is 12.8. The third-order valence-electron chi connectivity index (χ3n) is 5.27. The van der Waals surface area contributed by atoms with Crippen LogP contribution in [0.2, 0.25) is 0 Å². The van der Waals surface area contributed by atoms with E-state index >= 15 is 0 Å². The monoisotopic (exact) mass is 347 g/mol. The van der Waals surface area contributed by atoms with E-state index in [1.165, 1.54) is 5.56 Å². The van der Waals surface area contributed by atoms with Gasteiger partial charge in [-0.25, -0.2) is 4.79 Å². The van der Waals surface area contributed by atoms with E-state index in [2.05, 4.69) is 46.3 Å². The Kier molecular flexibility index (Phi) is 5.02. The fraction of sp³-hybridized carbons (Fsp3) is 0.318. The van der Waals surface area contributed by atoms with Gasteiger partial charge in [-0.2, -0.15) is 0 Å². The molecule has 0 amide bonds. The number of hydrogen-bond acceptors (Lipinski definition) is 2. The number of piperidine rings is 1. The predicted octanol–water partition coefficient (Wildman–Crippen LogP) is 4.07. The van der Waals surface area contributed by atoms with Crippen molar-refractivity contribution >= 4 is 17.1 Å². The van der Waals surface area contributed by atoms with Crippen molar-refractivity contribution < 1.29 is 0 Å². The summed E-state index contributed by atoms with van der Waals surface area (Å²) in [6, 6.07) is 18.7. The van der Waals surface area contributed by atoms with Crippen LogP contribution >= 0.6 is 0 Å². The van der Waals surface area contributed by atoms with Crippen molar-refractivity contribution in [3.05, 3.63) is 76.7 Å². The number of benzene rings is 2. The number of para-hydroxylation sites is 2. The molecule has 1 aromatic heterocycles. The molecule has 4 nitrogen and oxygen atoms in total. The maximum absolute atomic E-state index is 12.3. The zero-order valence-electron chi connectivity index (χ0n) is 15.0.